The molecule has 0 atom stereocenters. The van der Waals surface area contributed by atoms with Crippen molar-refractivity contribution < 1.29 is 4.74 Å². The summed E-state index contributed by atoms with van der Waals surface area (Å²) in [4.78, 5) is 1.25. The fourth-order valence-corrected chi connectivity index (χ4v) is 3.89. The van der Waals surface area contributed by atoms with Gasteiger partial charge in [-0.3, -0.25) is 0 Å². The third-order valence-electron chi connectivity index (χ3n) is 3.35. The minimum atomic E-state index is 0.481. The molecule has 16 heavy (non-hydrogen) atoms. The molecule has 1 aromatic carbocycles. The number of thiol groups is 1. The van der Waals surface area contributed by atoms with E-state index in [-0.39, 0.29) is 0 Å². The van der Waals surface area contributed by atoms with Crippen molar-refractivity contribution >= 4 is 24.4 Å². The van der Waals surface area contributed by atoms with E-state index in [1.165, 1.54) is 24.2 Å². The van der Waals surface area contributed by atoms with Crippen LogP contribution in [0.5, 0.6) is 5.75 Å². The highest BCUT2D eigenvalue weighted by Crippen LogP contribution is 2.46. The minimum Gasteiger partial charge on any atom is -0.496 e. The van der Waals surface area contributed by atoms with E-state index in [2.05, 4.69) is 24.8 Å². The average molecular weight is 254 g/mol. The number of hydrogen-bond acceptors (Lipinski definition) is 3. The summed E-state index contributed by atoms with van der Waals surface area (Å²) in [6.45, 7) is 0. The summed E-state index contributed by atoms with van der Waals surface area (Å²) in [6, 6.07) is 8.24. The third kappa shape index (κ3) is 2.51. The smallest absolute Gasteiger partial charge is 0.132 e. The molecule has 0 unspecified atom stereocenters. The van der Waals surface area contributed by atoms with E-state index in [0.29, 0.717) is 5.41 Å². The summed E-state index contributed by atoms with van der Waals surface area (Å²) >= 11 is 6.39. The zero-order valence-corrected chi connectivity index (χ0v) is 11.3. The average Bonchev–Trinajstić information content (AvgIpc) is 2.29. The standard InChI is InChI=1S/C13H18OS2/c1-14-11-5-2-3-6-12(11)16-10-13(9-15)7-4-8-13/h2-3,5-6,15H,4,7-10H2,1H3. The summed E-state index contributed by atoms with van der Waals surface area (Å²) in [5, 5.41) is 0. The lowest BCUT2D eigenvalue weighted by Gasteiger charge is -2.40. The van der Waals surface area contributed by atoms with Crippen molar-refractivity contribution in [3.05, 3.63) is 24.3 Å². The van der Waals surface area contributed by atoms with E-state index in [4.69, 9.17) is 4.74 Å². The van der Waals surface area contributed by atoms with Crippen molar-refractivity contribution in [3.8, 4) is 5.75 Å². The van der Waals surface area contributed by atoms with Crippen LogP contribution >= 0.6 is 24.4 Å². The molecule has 0 N–H and O–H groups in total. The molecule has 0 aliphatic heterocycles. The molecule has 1 aromatic rings. The molecule has 1 aliphatic carbocycles. The molecular weight excluding hydrogens is 236 g/mol. The van der Waals surface area contributed by atoms with E-state index in [0.717, 1.165) is 17.3 Å². The quantitative estimate of drug-likeness (QED) is 0.630. The van der Waals surface area contributed by atoms with E-state index in [9.17, 15) is 0 Å². The second-order valence-electron chi connectivity index (χ2n) is 4.45. The summed E-state index contributed by atoms with van der Waals surface area (Å²) in [5.41, 5.74) is 0.481. The van der Waals surface area contributed by atoms with Gasteiger partial charge in [0.15, 0.2) is 0 Å². The Morgan fingerprint density at radius 2 is 2.12 bits per heavy atom. The van der Waals surface area contributed by atoms with Crippen molar-refractivity contribution in [2.24, 2.45) is 5.41 Å². The number of hydrogen-bond donors (Lipinski definition) is 1. The normalized spacial score (nSPS) is 17.9. The molecule has 0 radical (unpaired) electrons. The Morgan fingerprint density at radius 1 is 1.38 bits per heavy atom. The van der Waals surface area contributed by atoms with Gasteiger partial charge in [-0.2, -0.15) is 12.6 Å². The molecule has 88 valence electrons. The first-order chi connectivity index (χ1) is 7.79. The Hall–Kier alpha value is -0.280. The zero-order chi connectivity index (χ0) is 11.4. The van der Waals surface area contributed by atoms with Gasteiger partial charge < -0.3 is 4.74 Å². The molecule has 1 fully saturated rings. The lowest BCUT2D eigenvalue weighted by atomic mass is 9.72. The SMILES string of the molecule is COc1ccccc1SCC1(CS)CCC1. The number of methoxy groups -OCH3 is 1. The maximum atomic E-state index is 5.36. The lowest BCUT2D eigenvalue weighted by Crippen LogP contribution is -2.33. The van der Waals surface area contributed by atoms with Gasteiger partial charge in [-0.15, -0.1) is 11.8 Å². The van der Waals surface area contributed by atoms with Gasteiger partial charge in [-0.1, -0.05) is 18.6 Å². The maximum absolute atomic E-state index is 5.36. The number of thioether (sulfide) groups is 1. The number of rotatable bonds is 5. The highest BCUT2D eigenvalue weighted by atomic mass is 32.2. The van der Waals surface area contributed by atoms with Crippen LogP contribution in [0.1, 0.15) is 19.3 Å². The molecule has 0 saturated heterocycles. The largest absolute Gasteiger partial charge is 0.496 e. The number of ether oxygens (including phenoxy) is 1. The molecule has 0 spiro atoms. The Balaban J connectivity index is 1.98. The van der Waals surface area contributed by atoms with E-state index < -0.39 is 0 Å². The molecule has 1 nitrogen and oxygen atoms in total. The summed E-state index contributed by atoms with van der Waals surface area (Å²) in [7, 11) is 1.73. The van der Waals surface area contributed by atoms with Crippen LogP contribution in [-0.4, -0.2) is 18.6 Å². The fraction of sp³-hybridized carbons (Fsp3) is 0.538. The van der Waals surface area contributed by atoms with Gasteiger partial charge in [-0.05, 0) is 36.1 Å². The molecule has 0 heterocycles. The van der Waals surface area contributed by atoms with Crippen LogP contribution in [0, 0.1) is 5.41 Å². The predicted molar refractivity (Wildman–Crippen MR) is 73.9 cm³/mol. The first-order valence-electron chi connectivity index (χ1n) is 5.66. The van der Waals surface area contributed by atoms with Crippen molar-refractivity contribution in [1.29, 1.82) is 0 Å². The second kappa shape index (κ2) is 5.37. The van der Waals surface area contributed by atoms with Crippen LogP contribution in [0.3, 0.4) is 0 Å². The number of benzene rings is 1. The summed E-state index contributed by atoms with van der Waals surface area (Å²) in [5.74, 6) is 3.16. The van der Waals surface area contributed by atoms with Crippen LogP contribution in [0.15, 0.2) is 29.2 Å². The predicted octanol–water partition coefficient (Wildman–Crippen LogP) is 3.89. The Bertz CT molecular complexity index is 342. The Kier molecular flexibility index (Phi) is 4.09. The summed E-state index contributed by atoms with van der Waals surface area (Å²) in [6.07, 6.45) is 4.03. The van der Waals surface area contributed by atoms with Crippen LogP contribution in [0.4, 0.5) is 0 Å². The molecule has 1 saturated carbocycles. The second-order valence-corrected chi connectivity index (χ2v) is 5.78. The topological polar surface area (TPSA) is 9.23 Å². The van der Waals surface area contributed by atoms with E-state index in [1.54, 1.807) is 7.11 Å². The maximum Gasteiger partial charge on any atom is 0.132 e. The van der Waals surface area contributed by atoms with Gasteiger partial charge in [0.1, 0.15) is 5.75 Å². The van der Waals surface area contributed by atoms with Gasteiger partial charge in [0, 0.05) is 10.6 Å². The molecule has 2 rings (SSSR count). The van der Waals surface area contributed by atoms with Gasteiger partial charge in [0.2, 0.25) is 0 Å². The zero-order valence-electron chi connectivity index (χ0n) is 9.61. The monoisotopic (exact) mass is 254 g/mol. The number of para-hydroxylation sites is 1. The first-order valence-corrected chi connectivity index (χ1v) is 7.28. The van der Waals surface area contributed by atoms with Gasteiger partial charge in [-0.25, -0.2) is 0 Å². The first kappa shape index (κ1) is 12.2. The van der Waals surface area contributed by atoms with E-state index >= 15 is 0 Å². The Labute approximate surface area is 107 Å². The highest BCUT2D eigenvalue weighted by Gasteiger charge is 2.35. The van der Waals surface area contributed by atoms with Crippen molar-refractivity contribution in [3.63, 3.8) is 0 Å². The van der Waals surface area contributed by atoms with Crippen LogP contribution in [0.2, 0.25) is 0 Å². The van der Waals surface area contributed by atoms with Gasteiger partial charge in [0.05, 0.1) is 7.11 Å². The lowest BCUT2D eigenvalue weighted by molar-refractivity contribution is 0.205. The fourth-order valence-electron chi connectivity index (χ4n) is 1.99. The molecule has 1 aliphatic rings. The minimum absolute atomic E-state index is 0.481. The van der Waals surface area contributed by atoms with Crippen molar-refractivity contribution in [1.82, 2.24) is 0 Å². The third-order valence-corrected chi connectivity index (χ3v) is 5.43. The summed E-state index contributed by atoms with van der Waals surface area (Å²) < 4.78 is 5.36. The molecule has 0 aromatic heterocycles. The van der Waals surface area contributed by atoms with Crippen LogP contribution in [0.25, 0.3) is 0 Å². The Morgan fingerprint density at radius 3 is 2.69 bits per heavy atom. The molecule has 0 bridgehead atoms. The van der Waals surface area contributed by atoms with Crippen molar-refractivity contribution in [2.45, 2.75) is 24.2 Å². The van der Waals surface area contributed by atoms with E-state index in [1.807, 2.05) is 23.9 Å². The highest BCUT2D eigenvalue weighted by molar-refractivity contribution is 7.99. The molecular formula is C13H18OS2. The van der Waals surface area contributed by atoms with Crippen LogP contribution in [-0.2, 0) is 0 Å². The van der Waals surface area contributed by atoms with Gasteiger partial charge >= 0.3 is 0 Å². The van der Waals surface area contributed by atoms with Crippen LogP contribution < -0.4 is 4.74 Å². The molecule has 3 heteroatoms. The van der Waals surface area contributed by atoms with Gasteiger partial charge in [0.25, 0.3) is 0 Å². The van der Waals surface area contributed by atoms with Crippen molar-refractivity contribution in [2.75, 3.05) is 18.6 Å². The molecule has 0 amide bonds.